The fraction of sp³-hybridized carbons (Fsp3) is 0.214. The van der Waals surface area contributed by atoms with Crippen molar-refractivity contribution in [2.24, 2.45) is 5.73 Å². The predicted molar refractivity (Wildman–Crippen MR) is 72.6 cm³/mol. The number of carbonyl (C=O) groups is 1. The van der Waals surface area contributed by atoms with Crippen LogP contribution in [0, 0.1) is 0 Å². The molecule has 0 fully saturated rings. The van der Waals surface area contributed by atoms with Gasteiger partial charge in [-0.2, -0.15) is 0 Å². The molecule has 1 aromatic heterocycles. The van der Waals surface area contributed by atoms with E-state index in [0.717, 1.165) is 12.0 Å². The third-order valence-corrected chi connectivity index (χ3v) is 3.52. The second-order valence-electron chi connectivity index (χ2n) is 3.87. The second kappa shape index (κ2) is 6.33. The van der Waals surface area contributed by atoms with Crippen molar-refractivity contribution < 1.29 is 9.53 Å². The monoisotopic (exact) mass is 261 g/mol. The molecular weight excluding hydrogens is 246 g/mol. The van der Waals surface area contributed by atoms with Gasteiger partial charge in [-0.25, -0.2) is 4.79 Å². The summed E-state index contributed by atoms with van der Waals surface area (Å²) in [5.41, 5.74) is 7.07. The lowest BCUT2D eigenvalue weighted by Crippen LogP contribution is -2.08. The lowest BCUT2D eigenvalue weighted by Gasteiger charge is -2.04. The number of esters is 1. The predicted octanol–water partition coefficient (Wildman–Crippen LogP) is 2.61. The summed E-state index contributed by atoms with van der Waals surface area (Å²) in [5.74, 6) is -0.282. The third kappa shape index (κ3) is 3.42. The van der Waals surface area contributed by atoms with E-state index in [2.05, 4.69) is 0 Å². The molecule has 0 unspecified atom stereocenters. The maximum absolute atomic E-state index is 11.7. The van der Waals surface area contributed by atoms with Gasteiger partial charge in [0, 0.05) is 17.8 Å². The number of carbonyl (C=O) groups excluding carboxylic acids is 1. The summed E-state index contributed by atoms with van der Waals surface area (Å²) in [7, 11) is 0. The molecule has 0 saturated carbocycles. The van der Waals surface area contributed by atoms with Gasteiger partial charge in [-0.15, -0.1) is 11.3 Å². The molecule has 18 heavy (non-hydrogen) atoms. The van der Waals surface area contributed by atoms with Crippen LogP contribution >= 0.6 is 11.3 Å². The van der Waals surface area contributed by atoms with Crippen LogP contribution in [0.3, 0.4) is 0 Å². The van der Waals surface area contributed by atoms with Crippen LogP contribution in [-0.4, -0.2) is 12.6 Å². The molecule has 0 atom stereocenters. The first kappa shape index (κ1) is 12.8. The summed E-state index contributed by atoms with van der Waals surface area (Å²) < 4.78 is 5.21. The van der Waals surface area contributed by atoms with Gasteiger partial charge in [0.2, 0.25) is 0 Å². The maximum Gasteiger partial charge on any atom is 0.338 e. The van der Waals surface area contributed by atoms with Crippen LogP contribution in [0.5, 0.6) is 0 Å². The highest BCUT2D eigenvalue weighted by molar-refractivity contribution is 7.09. The van der Waals surface area contributed by atoms with E-state index in [4.69, 9.17) is 10.5 Å². The molecule has 2 rings (SSSR count). The molecule has 0 aliphatic carbocycles. The van der Waals surface area contributed by atoms with Crippen molar-refractivity contribution in [3.63, 3.8) is 0 Å². The van der Waals surface area contributed by atoms with E-state index in [1.165, 1.54) is 4.88 Å². The Morgan fingerprint density at radius 1 is 1.22 bits per heavy atom. The summed E-state index contributed by atoms with van der Waals surface area (Å²) in [6, 6.07) is 11.2. The van der Waals surface area contributed by atoms with E-state index < -0.39 is 0 Å². The van der Waals surface area contributed by atoms with Crippen molar-refractivity contribution in [1.29, 1.82) is 0 Å². The summed E-state index contributed by atoms with van der Waals surface area (Å²) in [6.07, 6.45) is 0.768. The van der Waals surface area contributed by atoms with Crippen molar-refractivity contribution in [3.8, 4) is 0 Å². The van der Waals surface area contributed by atoms with Gasteiger partial charge in [0.1, 0.15) is 0 Å². The zero-order valence-corrected chi connectivity index (χ0v) is 10.8. The molecule has 3 nitrogen and oxygen atoms in total. The highest BCUT2D eigenvalue weighted by Crippen LogP contribution is 2.10. The fourth-order valence-corrected chi connectivity index (χ4v) is 2.25. The van der Waals surface area contributed by atoms with Gasteiger partial charge in [-0.3, -0.25) is 0 Å². The maximum atomic E-state index is 11.7. The Bertz CT molecular complexity index is 491. The van der Waals surface area contributed by atoms with Crippen molar-refractivity contribution in [3.05, 3.63) is 57.8 Å². The molecule has 0 aliphatic rings. The minimum Gasteiger partial charge on any atom is -0.462 e. The van der Waals surface area contributed by atoms with Gasteiger partial charge in [-0.1, -0.05) is 18.2 Å². The smallest absolute Gasteiger partial charge is 0.338 e. The van der Waals surface area contributed by atoms with E-state index in [1.54, 1.807) is 23.5 Å². The molecule has 94 valence electrons. The van der Waals surface area contributed by atoms with Crippen molar-refractivity contribution >= 4 is 17.3 Å². The van der Waals surface area contributed by atoms with Gasteiger partial charge in [0.15, 0.2) is 0 Å². The Labute approximate surface area is 110 Å². The van der Waals surface area contributed by atoms with Crippen LogP contribution in [-0.2, 0) is 17.7 Å². The second-order valence-corrected chi connectivity index (χ2v) is 4.90. The largest absolute Gasteiger partial charge is 0.462 e. The van der Waals surface area contributed by atoms with Crippen LogP contribution in [0.15, 0.2) is 41.8 Å². The normalized spacial score (nSPS) is 10.3. The summed E-state index contributed by atoms with van der Waals surface area (Å²) >= 11 is 1.67. The van der Waals surface area contributed by atoms with Crippen LogP contribution in [0.4, 0.5) is 0 Å². The highest BCUT2D eigenvalue weighted by Gasteiger charge is 2.06. The van der Waals surface area contributed by atoms with Crippen LogP contribution in [0.25, 0.3) is 0 Å². The molecule has 0 aliphatic heterocycles. The first-order valence-electron chi connectivity index (χ1n) is 5.78. The molecule has 0 spiro atoms. The Hall–Kier alpha value is -1.65. The summed E-state index contributed by atoms with van der Waals surface area (Å²) in [4.78, 5) is 12.9. The quantitative estimate of drug-likeness (QED) is 0.842. The van der Waals surface area contributed by atoms with Crippen molar-refractivity contribution in [2.75, 3.05) is 6.61 Å². The number of hydrogen-bond donors (Lipinski definition) is 1. The number of ether oxygens (including phenoxy) is 1. The van der Waals surface area contributed by atoms with Crippen molar-refractivity contribution in [2.45, 2.75) is 13.0 Å². The van der Waals surface area contributed by atoms with Crippen LogP contribution < -0.4 is 5.73 Å². The van der Waals surface area contributed by atoms with Crippen LogP contribution in [0.1, 0.15) is 20.8 Å². The van der Waals surface area contributed by atoms with E-state index >= 15 is 0 Å². The first-order valence-corrected chi connectivity index (χ1v) is 6.66. The first-order chi connectivity index (χ1) is 8.79. The number of benzene rings is 1. The number of nitrogens with two attached hydrogens (primary N) is 1. The number of thiophene rings is 1. The molecule has 0 saturated heterocycles. The van der Waals surface area contributed by atoms with E-state index in [1.807, 2.05) is 29.6 Å². The average Bonchev–Trinajstić information content (AvgIpc) is 2.92. The highest BCUT2D eigenvalue weighted by atomic mass is 32.1. The molecule has 0 amide bonds. The van der Waals surface area contributed by atoms with Gasteiger partial charge in [0.25, 0.3) is 0 Å². The van der Waals surface area contributed by atoms with E-state index in [0.29, 0.717) is 18.7 Å². The molecule has 0 radical (unpaired) electrons. The zero-order chi connectivity index (χ0) is 12.8. The van der Waals surface area contributed by atoms with Gasteiger partial charge < -0.3 is 10.5 Å². The number of hydrogen-bond acceptors (Lipinski definition) is 4. The summed E-state index contributed by atoms with van der Waals surface area (Å²) in [6.45, 7) is 0.895. The Kier molecular flexibility index (Phi) is 4.50. The number of rotatable bonds is 5. The molecule has 2 N–H and O–H groups in total. The Morgan fingerprint density at radius 3 is 2.61 bits per heavy atom. The standard InChI is InChI=1S/C14H15NO2S/c15-10-11-3-5-12(6-4-11)14(16)17-8-7-13-2-1-9-18-13/h1-6,9H,7-8,10,15H2. The topological polar surface area (TPSA) is 52.3 Å². The SMILES string of the molecule is NCc1ccc(C(=O)OCCc2cccs2)cc1. The lowest BCUT2D eigenvalue weighted by atomic mass is 10.1. The van der Waals surface area contributed by atoms with Gasteiger partial charge >= 0.3 is 5.97 Å². The molecule has 4 heteroatoms. The zero-order valence-electron chi connectivity index (χ0n) is 9.96. The Balaban J connectivity index is 1.83. The summed E-state index contributed by atoms with van der Waals surface area (Å²) in [5, 5.41) is 2.02. The van der Waals surface area contributed by atoms with Crippen LogP contribution in [0.2, 0.25) is 0 Å². The molecular formula is C14H15NO2S. The minimum absolute atomic E-state index is 0.282. The van der Waals surface area contributed by atoms with E-state index in [9.17, 15) is 4.79 Å². The molecule has 0 bridgehead atoms. The minimum atomic E-state index is -0.282. The van der Waals surface area contributed by atoms with Gasteiger partial charge in [0.05, 0.1) is 12.2 Å². The molecule has 2 aromatic rings. The Morgan fingerprint density at radius 2 is 2.00 bits per heavy atom. The van der Waals surface area contributed by atoms with E-state index in [-0.39, 0.29) is 5.97 Å². The van der Waals surface area contributed by atoms with Crippen molar-refractivity contribution in [1.82, 2.24) is 0 Å². The molecule has 1 aromatic carbocycles. The van der Waals surface area contributed by atoms with Gasteiger partial charge in [-0.05, 0) is 29.1 Å². The molecule has 1 heterocycles. The third-order valence-electron chi connectivity index (χ3n) is 2.59. The average molecular weight is 261 g/mol. The fourth-order valence-electron chi connectivity index (χ4n) is 1.56. The lowest BCUT2D eigenvalue weighted by molar-refractivity contribution is 0.0510.